The number of hydrogen-bond donors (Lipinski definition) is 2. The first-order valence-electron chi connectivity index (χ1n) is 4.00. The summed E-state index contributed by atoms with van der Waals surface area (Å²) in [7, 11) is 0. The Kier molecular flexibility index (Phi) is 2.42. The zero-order chi connectivity index (χ0) is 11.0. The first-order valence-corrected chi connectivity index (χ1v) is 6.04. The number of rotatable bonds is 1. The predicted molar refractivity (Wildman–Crippen MR) is 60.6 cm³/mol. The number of nitrogens with zero attached hydrogens (tertiary/aromatic N) is 1. The highest BCUT2D eigenvalue weighted by atomic mass is 32.2. The van der Waals surface area contributed by atoms with Gasteiger partial charge in [-0.3, -0.25) is 4.79 Å². The molecule has 0 saturated heterocycles. The van der Waals surface area contributed by atoms with Crippen LogP contribution in [-0.4, -0.2) is 16.3 Å². The standard InChI is InChI=1S/C9H6N2O2S2/c1-14-9-4(3-10)7-8(15-9)5(12)2-6(13)11-7/h2H,1H3,(H2,11,12,13). The number of nitrogens with one attached hydrogen (secondary N) is 1. The van der Waals surface area contributed by atoms with Gasteiger partial charge in [0, 0.05) is 6.07 Å². The fourth-order valence-electron chi connectivity index (χ4n) is 1.30. The predicted octanol–water partition coefficient (Wildman–Crippen LogP) is 1.89. The molecule has 2 aromatic rings. The lowest BCUT2D eigenvalue weighted by molar-refractivity contribution is 0.481. The van der Waals surface area contributed by atoms with Crippen molar-refractivity contribution in [3.8, 4) is 11.8 Å². The molecular weight excluding hydrogens is 232 g/mol. The summed E-state index contributed by atoms with van der Waals surface area (Å²) < 4.78 is 1.35. The third-order valence-electron chi connectivity index (χ3n) is 1.92. The van der Waals surface area contributed by atoms with Crippen LogP contribution in [0, 0.1) is 11.3 Å². The fourth-order valence-corrected chi connectivity index (χ4v) is 3.09. The van der Waals surface area contributed by atoms with Gasteiger partial charge in [-0.1, -0.05) is 0 Å². The molecule has 0 aromatic carbocycles. The van der Waals surface area contributed by atoms with Crippen molar-refractivity contribution in [2.24, 2.45) is 0 Å². The van der Waals surface area contributed by atoms with Crippen LogP contribution in [0.1, 0.15) is 5.56 Å². The Labute approximate surface area is 93.2 Å². The van der Waals surface area contributed by atoms with Gasteiger partial charge in [0.2, 0.25) is 0 Å². The number of aromatic nitrogens is 1. The van der Waals surface area contributed by atoms with Crippen LogP contribution in [0.3, 0.4) is 0 Å². The van der Waals surface area contributed by atoms with E-state index in [-0.39, 0.29) is 5.75 Å². The number of H-pyrrole nitrogens is 1. The molecule has 0 radical (unpaired) electrons. The molecule has 76 valence electrons. The van der Waals surface area contributed by atoms with Crippen molar-refractivity contribution in [1.29, 1.82) is 5.26 Å². The Hall–Kier alpha value is -1.45. The van der Waals surface area contributed by atoms with Crippen molar-refractivity contribution < 1.29 is 5.11 Å². The quantitative estimate of drug-likeness (QED) is 0.744. The number of fused-ring (bicyclic) bond motifs is 1. The first-order chi connectivity index (χ1) is 7.17. The maximum atomic E-state index is 11.1. The number of aromatic hydroxyl groups is 1. The van der Waals surface area contributed by atoms with Gasteiger partial charge in [-0.25, -0.2) is 0 Å². The molecular formula is C9H6N2O2S2. The van der Waals surface area contributed by atoms with Gasteiger partial charge in [0.1, 0.15) is 17.4 Å². The summed E-state index contributed by atoms with van der Waals surface area (Å²) in [5, 5.41) is 18.5. The Morgan fingerprint density at radius 1 is 1.67 bits per heavy atom. The highest BCUT2D eigenvalue weighted by Gasteiger charge is 2.14. The van der Waals surface area contributed by atoms with E-state index in [0.29, 0.717) is 15.8 Å². The average molecular weight is 238 g/mol. The van der Waals surface area contributed by atoms with Crippen molar-refractivity contribution in [1.82, 2.24) is 4.98 Å². The summed E-state index contributed by atoms with van der Waals surface area (Å²) in [5.41, 5.74) is 0.453. The van der Waals surface area contributed by atoms with Crippen LogP contribution in [0.15, 0.2) is 15.1 Å². The Balaban J connectivity index is 2.97. The van der Waals surface area contributed by atoms with Gasteiger partial charge >= 0.3 is 0 Å². The van der Waals surface area contributed by atoms with Gasteiger partial charge in [-0.15, -0.1) is 23.1 Å². The molecule has 0 spiro atoms. The number of thiophene rings is 1. The zero-order valence-electron chi connectivity index (χ0n) is 7.70. The van der Waals surface area contributed by atoms with E-state index < -0.39 is 5.56 Å². The minimum Gasteiger partial charge on any atom is -0.506 e. The van der Waals surface area contributed by atoms with Crippen LogP contribution >= 0.6 is 23.1 Å². The molecule has 6 heteroatoms. The summed E-state index contributed by atoms with van der Waals surface area (Å²) in [6.07, 6.45) is 1.85. The summed E-state index contributed by atoms with van der Waals surface area (Å²) >= 11 is 2.73. The molecule has 0 aliphatic heterocycles. The lowest BCUT2D eigenvalue weighted by atomic mass is 10.3. The summed E-state index contributed by atoms with van der Waals surface area (Å²) in [5.74, 6) is -0.0736. The summed E-state index contributed by atoms with van der Waals surface area (Å²) in [4.78, 5) is 13.7. The molecule has 0 saturated carbocycles. The third kappa shape index (κ3) is 1.50. The Morgan fingerprint density at radius 2 is 2.40 bits per heavy atom. The van der Waals surface area contributed by atoms with Gasteiger partial charge in [0.05, 0.1) is 14.4 Å². The SMILES string of the molecule is CSc1sc2c(O)cc(=O)[nH]c2c1C#N. The second kappa shape index (κ2) is 3.61. The highest BCUT2D eigenvalue weighted by molar-refractivity contribution is 8.00. The maximum Gasteiger partial charge on any atom is 0.252 e. The van der Waals surface area contributed by atoms with Gasteiger partial charge in [0.25, 0.3) is 5.56 Å². The molecule has 2 rings (SSSR count). The molecule has 2 aromatic heterocycles. The van der Waals surface area contributed by atoms with E-state index in [0.717, 1.165) is 10.3 Å². The van der Waals surface area contributed by atoms with Crippen LogP contribution in [0.4, 0.5) is 0 Å². The number of thioether (sulfide) groups is 1. The normalized spacial score (nSPS) is 10.4. The molecule has 0 aliphatic rings. The van der Waals surface area contributed by atoms with Gasteiger partial charge in [-0.05, 0) is 6.26 Å². The molecule has 2 N–H and O–H groups in total. The smallest absolute Gasteiger partial charge is 0.252 e. The fraction of sp³-hybridized carbons (Fsp3) is 0.111. The van der Waals surface area contributed by atoms with Crippen molar-refractivity contribution in [2.75, 3.05) is 6.26 Å². The number of pyridine rings is 1. The molecule has 0 atom stereocenters. The van der Waals surface area contributed by atoms with Crippen LogP contribution in [0.2, 0.25) is 0 Å². The minimum absolute atomic E-state index is 0.0736. The van der Waals surface area contributed by atoms with E-state index in [9.17, 15) is 9.90 Å². The van der Waals surface area contributed by atoms with E-state index in [1.54, 1.807) is 0 Å². The van der Waals surface area contributed by atoms with Crippen LogP contribution in [-0.2, 0) is 0 Å². The lowest BCUT2D eigenvalue weighted by Crippen LogP contribution is -2.02. The molecule has 0 unspecified atom stereocenters. The average Bonchev–Trinajstić information content (AvgIpc) is 2.55. The molecule has 0 amide bonds. The first kappa shape index (κ1) is 10.1. The van der Waals surface area contributed by atoms with Crippen LogP contribution in [0.25, 0.3) is 10.2 Å². The molecule has 15 heavy (non-hydrogen) atoms. The highest BCUT2D eigenvalue weighted by Crippen LogP contribution is 2.38. The molecule has 0 bridgehead atoms. The van der Waals surface area contributed by atoms with E-state index >= 15 is 0 Å². The van der Waals surface area contributed by atoms with Crippen LogP contribution in [0.5, 0.6) is 5.75 Å². The van der Waals surface area contributed by atoms with Crippen molar-refractivity contribution >= 4 is 33.3 Å². The second-order valence-electron chi connectivity index (χ2n) is 2.80. The van der Waals surface area contributed by atoms with Crippen molar-refractivity contribution in [3.05, 3.63) is 22.0 Å². The lowest BCUT2D eigenvalue weighted by Gasteiger charge is -1.92. The largest absolute Gasteiger partial charge is 0.506 e. The van der Waals surface area contributed by atoms with E-state index in [2.05, 4.69) is 4.98 Å². The number of hydrogen-bond acceptors (Lipinski definition) is 5. The molecule has 0 fully saturated rings. The second-order valence-corrected chi connectivity index (χ2v) is 4.90. The zero-order valence-corrected chi connectivity index (χ0v) is 9.33. The van der Waals surface area contributed by atoms with Gasteiger partial charge in [0.15, 0.2) is 0 Å². The summed E-state index contributed by atoms with van der Waals surface area (Å²) in [6, 6.07) is 3.15. The molecule has 2 heterocycles. The number of nitriles is 1. The van der Waals surface area contributed by atoms with Gasteiger partial charge in [-0.2, -0.15) is 5.26 Å². The van der Waals surface area contributed by atoms with Gasteiger partial charge < -0.3 is 10.1 Å². The maximum absolute atomic E-state index is 11.1. The monoisotopic (exact) mass is 238 g/mol. The van der Waals surface area contributed by atoms with E-state index in [4.69, 9.17) is 5.26 Å². The topological polar surface area (TPSA) is 76.9 Å². The third-order valence-corrected chi connectivity index (χ3v) is 4.25. The van der Waals surface area contributed by atoms with E-state index in [1.807, 2.05) is 12.3 Å². The Morgan fingerprint density at radius 3 is 3.00 bits per heavy atom. The summed E-state index contributed by atoms with van der Waals surface area (Å²) in [6.45, 7) is 0. The van der Waals surface area contributed by atoms with Crippen molar-refractivity contribution in [2.45, 2.75) is 4.21 Å². The van der Waals surface area contributed by atoms with Crippen LogP contribution < -0.4 is 5.56 Å². The van der Waals surface area contributed by atoms with E-state index in [1.165, 1.54) is 23.1 Å². The Bertz CT molecular complexity index is 621. The van der Waals surface area contributed by atoms with Crippen molar-refractivity contribution in [3.63, 3.8) is 0 Å². The number of aromatic amines is 1. The minimum atomic E-state index is -0.401. The molecule has 4 nitrogen and oxygen atoms in total. The molecule has 0 aliphatic carbocycles.